The molecule has 33 heavy (non-hydrogen) atoms. The number of sulfone groups is 1. The number of nitrogens with one attached hydrogen (secondary N) is 1. The van der Waals surface area contributed by atoms with Crippen molar-refractivity contribution in [2.75, 3.05) is 19.0 Å². The molecule has 0 aliphatic rings. The van der Waals surface area contributed by atoms with Crippen molar-refractivity contribution in [3.05, 3.63) is 89.7 Å². The molecule has 0 bridgehead atoms. The van der Waals surface area contributed by atoms with Gasteiger partial charge in [-0.25, -0.2) is 12.8 Å². The second-order valence-electron chi connectivity index (χ2n) is 7.47. The van der Waals surface area contributed by atoms with Crippen LogP contribution in [0.3, 0.4) is 0 Å². The van der Waals surface area contributed by atoms with Crippen molar-refractivity contribution in [1.82, 2.24) is 4.98 Å². The zero-order valence-corrected chi connectivity index (χ0v) is 19.0. The number of aromatic nitrogens is 1. The van der Waals surface area contributed by atoms with Gasteiger partial charge in [-0.15, -0.1) is 0 Å². The van der Waals surface area contributed by atoms with Crippen molar-refractivity contribution in [3.8, 4) is 17.2 Å². The van der Waals surface area contributed by atoms with Gasteiger partial charge >= 0.3 is 0 Å². The fraction of sp³-hybridized carbons (Fsp3) is 0.160. The van der Waals surface area contributed by atoms with E-state index in [0.717, 1.165) is 16.9 Å². The molecule has 0 atom stereocenters. The van der Waals surface area contributed by atoms with E-state index in [9.17, 15) is 12.8 Å². The number of anilines is 1. The number of hydrogen-bond acceptors (Lipinski definition) is 6. The summed E-state index contributed by atoms with van der Waals surface area (Å²) in [5.41, 5.74) is 2.04. The molecular weight excluding hydrogens is 443 g/mol. The molecule has 0 aliphatic carbocycles. The molecule has 0 saturated carbocycles. The van der Waals surface area contributed by atoms with Crippen LogP contribution >= 0.6 is 0 Å². The van der Waals surface area contributed by atoms with Gasteiger partial charge in [0.2, 0.25) is 26.6 Å². The SMILES string of the molecule is COc1ccc(CCNc2oc(-c3ccccc3F)nc2S(=O)(=O)c2ccc(C)cc2)cc1. The van der Waals surface area contributed by atoms with Crippen LogP contribution in [-0.2, 0) is 16.3 Å². The van der Waals surface area contributed by atoms with E-state index in [1.165, 1.54) is 24.3 Å². The highest BCUT2D eigenvalue weighted by molar-refractivity contribution is 7.91. The van der Waals surface area contributed by atoms with Gasteiger partial charge in [0.1, 0.15) is 11.6 Å². The predicted molar refractivity (Wildman–Crippen MR) is 124 cm³/mol. The van der Waals surface area contributed by atoms with Crippen LogP contribution in [0.25, 0.3) is 11.5 Å². The van der Waals surface area contributed by atoms with Crippen molar-refractivity contribution in [3.63, 3.8) is 0 Å². The Balaban J connectivity index is 1.66. The maximum absolute atomic E-state index is 14.3. The molecule has 3 aromatic carbocycles. The molecule has 1 N–H and O–H groups in total. The lowest BCUT2D eigenvalue weighted by Crippen LogP contribution is -2.09. The zero-order chi connectivity index (χ0) is 23.4. The Bertz CT molecular complexity index is 1350. The molecule has 0 fully saturated rings. The van der Waals surface area contributed by atoms with E-state index in [-0.39, 0.29) is 27.3 Å². The van der Waals surface area contributed by atoms with E-state index in [0.29, 0.717) is 13.0 Å². The number of oxazole rings is 1. The number of rotatable bonds is 8. The summed E-state index contributed by atoms with van der Waals surface area (Å²) in [6.07, 6.45) is 0.601. The quantitative estimate of drug-likeness (QED) is 0.380. The summed E-state index contributed by atoms with van der Waals surface area (Å²) in [5, 5.41) is 2.75. The van der Waals surface area contributed by atoms with E-state index >= 15 is 0 Å². The first kappa shape index (κ1) is 22.5. The van der Waals surface area contributed by atoms with Crippen LogP contribution < -0.4 is 10.1 Å². The lowest BCUT2D eigenvalue weighted by molar-refractivity contribution is 0.414. The lowest BCUT2D eigenvalue weighted by atomic mass is 10.1. The third-order valence-electron chi connectivity index (χ3n) is 5.14. The van der Waals surface area contributed by atoms with E-state index in [1.54, 1.807) is 31.4 Å². The van der Waals surface area contributed by atoms with E-state index in [1.807, 2.05) is 31.2 Å². The van der Waals surface area contributed by atoms with Gasteiger partial charge < -0.3 is 14.5 Å². The predicted octanol–water partition coefficient (Wildman–Crippen LogP) is 5.29. The monoisotopic (exact) mass is 466 g/mol. The summed E-state index contributed by atoms with van der Waals surface area (Å²) in [6, 6.07) is 19.9. The normalized spacial score (nSPS) is 11.4. The number of halogens is 1. The molecule has 0 aliphatic heterocycles. The molecule has 6 nitrogen and oxygen atoms in total. The third kappa shape index (κ3) is 4.90. The fourth-order valence-electron chi connectivity index (χ4n) is 3.29. The Morgan fingerprint density at radius 2 is 1.70 bits per heavy atom. The minimum atomic E-state index is -4.00. The second kappa shape index (κ2) is 9.46. The van der Waals surface area contributed by atoms with Crippen molar-refractivity contribution < 1.29 is 22.0 Å². The Morgan fingerprint density at radius 3 is 2.36 bits per heavy atom. The highest BCUT2D eigenvalue weighted by Crippen LogP contribution is 2.33. The Kier molecular flexibility index (Phi) is 6.46. The number of methoxy groups -OCH3 is 1. The van der Waals surface area contributed by atoms with Gasteiger partial charge in [-0.05, 0) is 55.3 Å². The molecule has 0 unspecified atom stereocenters. The minimum absolute atomic E-state index is 0.0256. The largest absolute Gasteiger partial charge is 0.497 e. The van der Waals surface area contributed by atoms with E-state index in [2.05, 4.69) is 10.3 Å². The summed E-state index contributed by atoms with van der Waals surface area (Å²) < 4.78 is 51.9. The van der Waals surface area contributed by atoms with Gasteiger partial charge in [-0.3, -0.25) is 0 Å². The molecule has 0 saturated heterocycles. The summed E-state index contributed by atoms with van der Waals surface area (Å²) >= 11 is 0. The van der Waals surface area contributed by atoms with Crippen molar-refractivity contribution >= 4 is 15.7 Å². The molecule has 1 heterocycles. The van der Waals surface area contributed by atoms with Gasteiger partial charge in [-0.1, -0.05) is 42.0 Å². The summed E-state index contributed by atoms with van der Waals surface area (Å²) in [6.45, 7) is 2.25. The second-order valence-corrected chi connectivity index (χ2v) is 9.34. The number of hydrogen-bond donors (Lipinski definition) is 1. The van der Waals surface area contributed by atoms with Crippen LogP contribution in [0.4, 0.5) is 10.3 Å². The number of benzene rings is 3. The highest BCUT2D eigenvalue weighted by Gasteiger charge is 2.29. The Hall–Kier alpha value is -3.65. The average Bonchev–Trinajstić information content (AvgIpc) is 3.25. The van der Waals surface area contributed by atoms with Crippen LogP contribution in [-0.4, -0.2) is 27.1 Å². The van der Waals surface area contributed by atoms with E-state index < -0.39 is 15.7 Å². The van der Waals surface area contributed by atoms with Gasteiger partial charge in [0, 0.05) is 6.54 Å². The molecule has 0 amide bonds. The third-order valence-corrected chi connectivity index (χ3v) is 6.82. The molecule has 4 aromatic rings. The minimum Gasteiger partial charge on any atom is -0.497 e. The first-order valence-corrected chi connectivity index (χ1v) is 11.8. The number of aryl methyl sites for hydroxylation is 1. The van der Waals surface area contributed by atoms with Crippen LogP contribution in [0.2, 0.25) is 0 Å². The van der Waals surface area contributed by atoms with Gasteiger partial charge in [0.05, 0.1) is 17.6 Å². The average molecular weight is 467 g/mol. The topological polar surface area (TPSA) is 81.4 Å². The van der Waals surface area contributed by atoms with Crippen LogP contribution in [0.1, 0.15) is 11.1 Å². The lowest BCUT2D eigenvalue weighted by Gasteiger charge is -2.07. The molecule has 170 valence electrons. The summed E-state index contributed by atoms with van der Waals surface area (Å²) in [7, 11) is -2.40. The van der Waals surface area contributed by atoms with Crippen LogP contribution in [0.15, 0.2) is 87.1 Å². The maximum atomic E-state index is 14.3. The first-order valence-electron chi connectivity index (χ1n) is 10.3. The molecule has 0 spiro atoms. The highest BCUT2D eigenvalue weighted by atomic mass is 32.2. The molecule has 8 heteroatoms. The standard InChI is InChI=1S/C25H23FN2O4S/c1-17-7-13-20(14-8-17)33(29,30)25-24(27-16-15-18-9-11-19(31-2)12-10-18)32-23(28-25)21-5-3-4-6-22(21)26/h3-14,27H,15-16H2,1-2H3. The Morgan fingerprint density at radius 1 is 1.00 bits per heavy atom. The smallest absolute Gasteiger partial charge is 0.233 e. The van der Waals surface area contributed by atoms with Gasteiger partial charge in [-0.2, -0.15) is 4.98 Å². The number of nitrogens with zero attached hydrogens (tertiary/aromatic N) is 1. The summed E-state index contributed by atoms with van der Waals surface area (Å²) in [5.74, 6) is 0.0684. The Labute approximate surface area is 192 Å². The van der Waals surface area contributed by atoms with Crippen molar-refractivity contribution in [2.45, 2.75) is 23.3 Å². The fourth-order valence-corrected chi connectivity index (χ4v) is 4.57. The van der Waals surface area contributed by atoms with Crippen LogP contribution in [0.5, 0.6) is 5.75 Å². The molecule has 0 radical (unpaired) electrons. The summed E-state index contributed by atoms with van der Waals surface area (Å²) in [4.78, 5) is 4.27. The maximum Gasteiger partial charge on any atom is 0.233 e. The van der Waals surface area contributed by atoms with E-state index in [4.69, 9.17) is 9.15 Å². The number of ether oxygens (including phenoxy) is 1. The molecule has 4 rings (SSSR count). The van der Waals surface area contributed by atoms with Gasteiger partial charge in [0.15, 0.2) is 0 Å². The first-order chi connectivity index (χ1) is 15.9. The molecule has 1 aromatic heterocycles. The van der Waals surface area contributed by atoms with Gasteiger partial charge in [0.25, 0.3) is 0 Å². The van der Waals surface area contributed by atoms with Crippen molar-refractivity contribution in [2.24, 2.45) is 0 Å². The van der Waals surface area contributed by atoms with Crippen molar-refractivity contribution in [1.29, 1.82) is 0 Å². The van der Waals surface area contributed by atoms with Crippen LogP contribution in [0, 0.1) is 12.7 Å². The zero-order valence-electron chi connectivity index (χ0n) is 18.2. The molecular formula is C25H23FN2O4S.